The van der Waals surface area contributed by atoms with Gasteiger partial charge in [0.05, 0.1) is 0 Å². The third-order valence-electron chi connectivity index (χ3n) is 1.88. The third-order valence-corrected chi connectivity index (χ3v) is 1.88. The van der Waals surface area contributed by atoms with Crippen molar-refractivity contribution in [3.8, 4) is 0 Å². The Balaban J connectivity index is 3.94. The van der Waals surface area contributed by atoms with Gasteiger partial charge in [-0.25, -0.2) is 0 Å². The Morgan fingerprint density at radius 3 is 2.55 bits per heavy atom. The first-order chi connectivity index (χ1) is 5.11. The number of carbonyl (C=O) groups is 1. The van der Waals surface area contributed by atoms with Gasteiger partial charge in [-0.1, -0.05) is 26.3 Å². The van der Waals surface area contributed by atoms with Gasteiger partial charge in [-0.3, -0.25) is 4.79 Å². The molecule has 2 nitrogen and oxygen atoms in total. The van der Waals surface area contributed by atoms with Crippen molar-refractivity contribution in [3.63, 3.8) is 0 Å². The smallest absolute Gasteiger partial charge is 0.217 e. The maximum absolute atomic E-state index is 10.7. The van der Waals surface area contributed by atoms with E-state index in [1.165, 1.54) is 6.92 Å². The van der Waals surface area contributed by atoms with E-state index < -0.39 is 0 Å². The van der Waals surface area contributed by atoms with E-state index in [0.717, 1.165) is 6.42 Å². The van der Waals surface area contributed by atoms with Crippen LogP contribution in [0.2, 0.25) is 0 Å². The van der Waals surface area contributed by atoms with Gasteiger partial charge in [-0.15, -0.1) is 6.58 Å². The fourth-order valence-electron chi connectivity index (χ4n) is 0.922. The van der Waals surface area contributed by atoms with Crippen molar-refractivity contribution in [1.29, 1.82) is 0 Å². The van der Waals surface area contributed by atoms with Gasteiger partial charge in [-0.2, -0.15) is 0 Å². The lowest BCUT2D eigenvalue weighted by Gasteiger charge is -2.19. The predicted molar refractivity (Wildman–Crippen MR) is 47.3 cm³/mol. The number of hydrogen-bond donors (Lipinski definition) is 1. The summed E-state index contributed by atoms with van der Waals surface area (Å²) in [5.41, 5.74) is 0. The van der Waals surface area contributed by atoms with Crippen molar-refractivity contribution >= 4 is 5.91 Å². The highest BCUT2D eigenvalue weighted by Gasteiger charge is 2.11. The normalized spacial score (nSPS) is 15.2. The lowest BCUT2D eigenvalue weighted by Crippen LogP contribution is -2.36. The van der Waals surface area contributed by atoms with Crippen molar-refractivity contribution < 1.29 is 4.79 Å². The molecule has 1 amide bonds. The average Bonchev–Trinajstić information content (AvgIpc) is 1.98. The predicted octanol–water partition coefficient (Wildman–Crippen LogP) is 1.72. The van der Waals surface area contributed by atoms with Gasteiger partial charge >= 0.3 is 0 Å². The van der Waals surface area contributed by atoms with E-state index in [2.05, 4.69) is 25.7 Å². The SMILES string of the molecule is C=C[C@@H](NC(C)=O)[C@H](C)CC. The Morgan fingerprint density at radius 1 is 1.73 bits per heavy atom. The Kier molecular flexibility index (Phi) is 4.59. The highest BCUT2D eigenvalue weighted by atomic mass is 16.1. The highest BCUT2D eigenvalue weighted by Crippen LogP contribution is 2.07. The minimum absolute atomic E-state index is 0.00944. The van der Waals surface area contributed by atoms with Crippen LogP contribution in [0.5, 0.6) is 0 Å². The summed E-state index contributed by atoms with van der Waals surface area (Å²) in [6.45, 7) is 9.39. The molecule has 0 saturated carbocycles. The van der Waals surface area contributed by atoms with Crippen molar-refractivity contribution in [1.82, 2.24) is 5.32 Å². The number of carbonyl (C=O) groups excluding carboxylic acids is 1. The Labute approximate surface area is 68.7 Å². The molecule has 0 fully saturated rings. The Morgan fingerprint density at radius 2 is 2.27 bits per heavy atom. The third kappa shape index (κ3) is 3.81. The fraction of sp³-hybridized carbons (Fsp3) is 0.667. The molecule has 2 atom stereocenters. The summed E-state index contributed by atoms with van der Waals surface area (Å²) in [5, 5.41) is 2.82. The number of rotatable bonds is 4. The molecule has 2 heteroatoms. The van der Waals surface area contributed by atoms with E-state index in [-0.39, 0.29) is 11.9 Å². The Bertz CT molecular complexity index is 142. The Hall–Kier alpha value is -0.790. The van der Waals surface area contributed by atoms with Crippen LogP contribution in [0.25, 0.3) is 0 Å². The largest absolute Gasteiger partial charge is 0.350 e. The minimum Gasteiger partial charge on any atom is -0.350 e. The maximum atomic E-state index is 10.7. The van der Waals surface area contributed by atoms with Crippen molar-refractivity contribution in [2.45, 2.75) is 33.2 Å². The van der Waals surface area contributed by atoms with Crippen LogP contribution in [0, 0.1) is 5.92 Å². The van der Waals surface area contributed by atoms with E-state index in [0.29, 0.717) is 5.92 Å². The number of hydrogen-bond acceptors (Lipinski definition) is 1. The summed E-state index contributed by atoms with van der Waals surface area (Å²) in [7, 11) is 0. The standard InChI is InChI=1S/C9H17NO/c1-5-7(3)9(6-2)10-8(4)11/h6-7,9H,2,5H2,1,3-4H3,(H,10,11)/t7-,9-/m1/s1. The van der Waals surface area contributed by atoms with Crippen molar-refractivity contribution in [2.24, 2.45) is 5.92 Å². The molecule has 0 aliphatic heterocycles. The zero-order chi connectivity index (χ0) is 8.85. The van der Waals surface area contributed by atoms with Crippen LogP contribution in [0.3, 0.4) is 0 Å². The molecule has 0 aromatic rings. The fourth-order valence-corrected chi connectivity index (χ4v) is 0.922. The summed E-state index contributed by atoms with van der Waals surface area (Å²) in [5.74, 6) is 0.478. The van der Waals surface area contributed by atoms with Crippen LogP contribution in [-0.2, 0) is 4.79 Å². The van der Waals surface area contributed by atoms with Crippen LogP contribution in [0.15, 0.2) is 12.7 Å². The van der Waals surface area contributed by atoms with Crippen molar-refractivity contribution in [2.75, 3.05) is 0 Å². The highest BCUT2D eigenvalue weighted by molar-refractivity contribution is 5.73. The number of nitrogens with one attached hydrogen (secondary N) is 1. The average molecular weight is 155 g/mol. The van der Waals surface area contributed by atoms with Gasteiger partial charge in [0.25, 0.3) is 0 Å². The van der Waals surface area contributed by atoms with Crippen LogP contribution in [0.4, 0.5) is 0 Å². The molecule has 0 bridgehead atoms. The molecule has 0 aromatic heterocycles. The van der Waals surface area contributed by atoms with Gasteiger partial charge in [0, 0.05) is 13.0 Å². The second-order valence-corrected chi connectivity index (χ2v) is 2.85. The molecule has 0 radical (unpaired) electrons. The molecular weight excluding hydrogens is 138 g/mol. The summed E-state index contributed by atoms with van der Waals surface area (Å²) in [6.07, 6.45) is 2.84. The molecule has 0 rings (SSSR count). The molecule has 0 heterocycles. The van der Waals surface area contributed by atoms with Crippen LogP contribution in [0.1, 0.15) is 27.2 Å². The van der Waals surface area contributed by atoms with Gasteiger partial charge < -0.3 is 5.32 Å². The van der Waals surface area contributed by atoms with Gasteiger partial charge in [0.1, 0.15) is 0 Å². The summed E-state index contributed by atoms with van der Waals surface area (Å²) in [6, 6.07) is 0.123. The molecule has 0 aliphatic rings. The number of amides is 1. The molecule has 0 aromatic carbocycles. The minimum atomic E-state index is 0.00944. The molecule has 11 heavy (non-hydrogen) atoms. The maximum Gasteiger partial charge on any atom is 0.217 e. The van der Waals surface area contributed by atoms with E-state index in [1.807, 2.05) is 0 Å². The second kappa shape index (κ2) is 4.94. The van der Waals surface area contributed by atoms with E-state index >= 15 is 0 Å². The first kappa shape index (κ1) is 10.2. The summed E-state index contributed by atoms with van der Waals surface area (Å²) >= 11 is 0. The van der Waals surface area contributed by atoms with Crippen LogP contribution >= 0.6 is 0 Å². The van der Waals surface area contributed by atoms with E-state index in [4.69, 9.17) is 0 Å². The molecule has 0 saturated heterocycles. The van der Waals surface area contributed by atoms with Crippen molar-refractivity contribution in [3.05, 3.63) is 12.7 Å². The molecule has 1 N–H and O–H groups in total. The summed E-state index contributed by atoms with van der Waals surface area (Å²) < 4.78 is 0. The lowest BCUT2D eigenvalue weighted by atomic mass is 9.99. The molecule has 0 aliphatic carbocycles. The molecule has 64 valence electrons. The van der Waals surface area contributed by atoms with Gasteiger partial charge in [0.15, 0.2) is 0 Å². The zero-order valence-corrected chi connectivity index (χ0v) is 7.55. The first-order valence-corrected chi connectivity index (χ1v) is 4.01. The lowest BCUT2D eigenvalue weighted by molar-refractivity contribution is -0.119. The van der Waals surface area contributed by atoms with Crippen LogP contribution < -0.4 is 5.32 Å². The molecular formula is C9H17NO. The monoisotopic (exact) mass is 155 g/mol. The van der Waals surface area contributed by atoms with Crippen LogP contribution in [-0.4, -0.2) is 11.9 Å². The van der Waals surface area contributed by atoms with Gasteiger partial charge in [-0.05, 0) is 5.92 Å². The summed E-state index contributed by atoms with van der Waals surface area (Å²) in [4.78, 5) is 10.7. The van der Waals surface area contributed by atoms with E-state index in [9.17, 15) is 4.79 Å². The van der Waals surface area contributed by atoms with E-state index in [1.54, 1.807) is 6.08 Å². The topological polar surface area (TPSA) is 29.1 Å². The quantitative estimate of drug-likeness (QED) is 0.615. The second-order valence-electron chi connectivity index (χ2n) is 2.85. The zero-order valence-electron chi connectivity index (χ0n) is 7.55. The molecule has 0 unspecified atom stereocenters. The molecule has 0 spiro atoms. The van der Waals surface area contributed by atoms with Gasteiger partial charge in [0.2, 0.25) is 5.91 Å². The first-order valence-electron chi connectivity index (χ1n) is 4.01.